The Morgan fingerprint density at radius 1 is 1.38 bits per heavy atom. The third kappa shape index (κ3) is 4.08. The number of anilines is 1. The Balaban J connectivity index is 2.30. The van der Waals surface area contributed by atoms with Crippen LogP contribution in [-0.4, -0.2) is 12.6 Å². The SMILES string of the molecule is CCOC(=O)C(Nc1cccc(C)c1)c1cc(Br)c(C)s1. The molecule has 0 aliphatic rings. The van der Waals surface area contributed by atoms with Crippen molar-refractivity contribution in [3.05, 3.63) is 50.1 Å². The fourth-order valence-electron chi connectivity index (χ4n) is 2.00. The zero-order chi connectivity index (χ0) is 15.4. The maximum atomic E-state index is 12.3. The molecule has 0 bridgehead atoms. The number of halogens is 1. The van der Waals surface area contributed by atoms with Crippen molar-refractivity contribution in [1.29, 1.82) is 0 Å². The van der Waals surface area contributed by atoms with Crippen LogP contribution in [-0.2, 0) is 9.53 Å². The van der Waals surface area contributed by atoms with Crippen molar-refractivity contribution < 1.29 is 9.53 Å². The Labute approximate surface area is 137 Å². The highest BCUT2D eigenvalue weighted by Gasteiger charge is 2.24. The number of carbonyl (C=O) groups excluding carboxylic acids is 1. The maximum absolute atomic E-state index is 12.3. The van der Waals surface area contributed by atoms with E-state index in [1.54, 1.807) is 11.3 Å². The van der Waals surface area contributed by atoms with E-state index in [9.17, 15) is 4.79 Å². The predicted molar refractivity (Wildman–Crippen MR) is 90.9 cm³/mol. The van der Waals surface area contributed by atoms with Crippen molar-refractivity contribution in [2.45, 2.75) is 26.8 Å². The van der Waals surface area contributed by atoms with E-state index in [0.717, 1.165) is 25.5 Å². The van der Waals surface area contributed by atoms with Crippen LogP contribution in [0.3, 0.4) is 0 Å². The monoisotopic (exact) mass is 367 g/mol. The first kappa shape index (κ1) is 16.0. The highest BCUT2D eigenvalue weighted by atomic mass is 79.9. The van der Waals surface area contributed by atoms with Crippen LogP contribution in [0, 0.1) is 13.8 Å². The molecule has 0 saturated heterocycles. The van der Waals surface area contributed by atoms with E-state index in [4.69, 9.17) is 4.74 Å². The second-order valence-corrected chi connectivity index (χ2v) is 6.89. The van der Waals surface area contributed by atoms with Crippen molar-refractivity contribution in [2.75, 3.05) is 11.9 Å². The fourth-order valence-corrected chi connectivity index (χ4v) is 3.60. The standard InChI is InChI=1S/C16H18BrNO2S/c1-4-20-16(19)15(14-9-13(17)11(3)21-14)18-12-7-5-6-10(2)8-12/h5-9,15,18H,4H2,1-3H3. The van der Waals surface area contributed by atoms with Crippen LogP contribution < -0.4 is 5.32 Å². The van der Waals surface area contributed by atoms with Gasteiger partial charge in [0, 0.05) is 19.9 Å². The van der Waals surface area contributed by atoms with Crippen molar-refractivity contribution in [2.24, 2.45) is 0 Å². The van der Waals surface area contributed by atoms with Crippen LogP contribution in [0.1, 0.15) is 28.3 Å². The minimum Gasteiger partial charge on any atom is -0.464 e. The Bertz CT molecular complexity index is 619. The summed E-state index contributed by atoms with van der Waals surface area (Å²) in [6.07, 6.45) is 0. The summed E-state index contributed by atoms with van der Waals surface area (Å²) in [5, 5.41) is 3.28. The molecule has 2 rings (SSSR count). The van der Waals surface area contributed by atoms with Gasteiger partial charge in [-0.15, -0.1) is 11.3 Å². The van der Waals surface area contributed by atoms with Crippen LogP contribution in [0.4, 0.5) is 5.69 Å². The topological polar surface area (TPSA) is 38.3 Å². The Morgan fingerprint density at radius 2 is 2.14 bits per heavy atom. The average molecular weight is 368 g/mol. The summed E-state index contributed by atoms with van der Waals surface area (Å²) in [6, 6.07) is 9.45. The molecule has 1 heterocycles. The largest absolute Gasteiger partial charge is 0.464 e. The lowest BCUT2D eigenvalue weighted by Crippen LogP contribution is -2.22. The molecule has 0 aliphatic heterocycles. The van der Waals surface area contributed by atoms with Crippen molar-refractivity contribution in [3.63, 3.8) is 0 Å². The summed E-state index contributed by atoms with van der Waals surface area (Å²) in [6.45, 7) is 6.23. The van der Waals surface area contributed by atoms with Gasteiger partial charge >= 0.3 is 5.97 Å². The number of ether oxygens (including phenoxy) is 1. The van der Waals surface area contributed by atoms with Gasteiger partial charge in [-0.05, 0) is 60.5 Å². The molecule has 0 aliphatic carbocycles. The van der Waals surface area contributed by atoms with Gasteiger partial charge < -0.3 is 10.1 Å². The number of benzene rings is 1. The van der Waals surface area contributed by atoms with E-state index < -0.39 is 6.04 Å². The highest BCUT2D eigenvalue weighted by molar-refractivity contribution is 9.10. The van der Waals surface area contributed by atoms with Gasteiger partial charge in [-0.3, -0.25) is 0 Å². The molecule has 0 saturated carbocycles. The molecular weight excluding hydrogens is 350 g/mol. The van der Waals surface area contributed by atoms with Gasteiger partial charge in [-0.2, -0.15) is 0 Å². The van der Waals surface area contributed by atoms with Crippen LogP contribution in [0.25, 0.3) is 0 Å². The van der Waals surface area contributed by atoms with E-state index in [-0.39, 0.29) is 5.97 Å². The Hall–Kier alpha value is -1.33. The molecule has 1 atom stereocenters. The quantitative estimate of drug-likeness (QED) is 0.768. The highest BCUT2D eigenvalue weighted by Crippen LogP contribution is 2.33. The molecule has 0 amide bonds. The van der Waals surface area contributed by atoms with E-state index in [2.05, 4.69) is 21.2 Å². The molecule has 5 heteroatoms. The lowest BCUT2D eigenvalue weighted by molar-refractivity contribution is -0.144. The zero-order valence-electron chi connectivity index (χ0n) is 12.3. The number of esters is 1. The maximum Gasteiger partial charge on any atom is 0.334 e. The summed E-state index contributed by atoms with van der Waals surface area (Å²) >= 11 is 5.09. The van der Waals surface area contributed by atoms with Crippen LogP contribution in [0.2, 0.25) is 0 Å². The number of nitrogens with one attached hydrogen (secondary N) is 1. The van der Waals surface area contributed by atoms with Crippen molar-refractivity contribution >= 4 is 38.9 Å². The number of rotatable bonds is 5. The normalized spacial score (nSPS) is 12.0. The second-order valence-electron chi connectivity index (χ2n) is 4.75. The fraction of sp³-hybridized carbons (Fsp3) is 0.312. The number of hydrogen-bond donors (Lipinski definition) is 1. The summed E-state index contributed by atoms with van der Waals surface area (Å²) in [5.41, 5.74) is 2.06. The molecule has 1 aromatic carbocycles. The van der Waals surface area contributed by atoms with Gasteiger partial charge in [-0.25, -0.2) is 4.79 Å². The van der Waals surface area contributed by atoms with Gasteiger partial charge in [0.05, 0.1) is 6.61 Å². The number of aryl methyl sites for hydroxylation is 2. The van der Waals surface area contributed by atoms with Gasteiger partial charge in [0.25, 0.3) is 0 Å². The van der Waals surface area contributed by atoms with Crippen molar-refractivity contribution in [1.82, 2.24) is 0 Å². The Kier molecular flexibility index (Phi) is 5.42. The molecule has 0 radical (unpaired) electrons. The lowest BCUT2D eigenvalue weighted by Gasteiger charge is -2.17. The van der Waals surface area contributed by atoms with Crippen LogP contribution >= 0.6 is 27.3 Å². The first-order valence-corrected chi connectivity index (χ1v) is 8.38. The third-order valence-electron chi connectivity index (χ3n) is 3.01. The van der Waals surface area contributed by atoms with E-state index in [1.165, 1.54) is 0 Å². The van der Waals surface area contributed by atoms with Crippen LogP contribution in [0.5, 0.6) is 0 Å². The van der Waals surface area contributed by atoms with E-state index in [0.29, 0.717) is 6.61 Å². The predicted octanol–water partition coefficient (Wildman–Crippen LogP) is 4.84. The molecular formula is C16H18BrNO2S. The lowest BCUT2D eigenvalue weighted by atomic mass is 10.2. The smallest absolute Gasteiger partial charge is 0.334 e. The summed E-state index contributed by atoms with van der Waals surface area (Å²) in [7, 11) is 0. The average Bonchev–Trinajstić information content (AvgIpc) is 2.76. The number of carbonyl (C=O) groups is 1. The number of hydrogen-bond acceptors (Lipinski definition) is 4. The first-order valence-electron chi connectivity index (χ1n) is 6.77. The summed E-state index contributed by atoms with van der Waals surface area (Å²) < 4.78 is 6.22. The van der Waals surface area contributed by atoms with Gasteiger partial charge in [-0.1, -0.05) is 12.1 Å². The summed E-state index contributed by atoms with van der Waals surface area (Å²) in [4.78, 5) is 14.3. The molecule has 2 aromatic rings. The number of thiophene rings is 1. The van der Waals surface area contributed by atoms with Crippen LogP contribution in [0.15, 0.2) is 34.8 Å². The third-order valence-corrected chi connectivity index (χ3v) is 5.21. The molecule has 21 heavy (non-hydrogen) atoms. The molecule has 0 fully saturated rings. The van der Waals surface area contributed by atoms with Crippen molar-refractivity contribution in [3.8, 4) is 0 Å². The van der Waals surface area contributed by atoms with E-state index >= 15 is 0 Å². The summed E-state index contributed by atoms with van der Waals surface area (Å²) in [5.74, 6) is -0.257. The molecule has 1 aromatic heterocycles. The van der Waals surface area contributed by atoms with E-state index in [1.807, 2.05) is 51.1 Å². The first-order chi connectivity index (χ1) is 10.0. The molecule has 112 valence electrons. The molecule has 1 unspecified atom stereocenters. The zero-order valence-corrected chi connectivity index (χ0v) is 14.7. The van der Waals surface area contributed by atoms with Gasteiger partial charge in [0.2, 0.25) is 0 Å². The van der Waals surface area contributed by atoms with Gasteiger partial charge in [0.15, 0.2) is 6.04 Å². The molecule has 0 spiro atoms. The second kappa shape index (κ2) is 7.09. The minimum absolute atomic E-state index is 0.257. The Morgan fingerprint density at radius 3 is 2.71 bits per heavy atom. The molecule has 1 N–H and O–H groups in total. The minimum atomic E-state index is -0.484. The molecule has 3 nitrogen and oxygen atoms in total. The van der Waals surface area contributed by atoms with Gasteiger partial charge in [0.1, 0.15) is 0 Å².